The lowest BCUT2D eigenvalue weighted by Crippen LogP contribution is -2.25. The van der Waals surface area contributed by atoms with Crippen LogP contribution in [0.5, 0.6) is 0 Å². The summed E-state index contributed by atoms with van der Waals surface area (Å²) in [5, 5.41) is 11.4. The molecule has 2 rings (SSSR count). The number of aromatic nitrogens is 5. The Labute approximate surface area is 119 Å². The van der Waals surface area contributed by atoms with E-state index >= 15 is 0 Å². The normalized spacial score (nSPS) is 10.5. The van der Waals surface area contributed by atoms with Crippen LogP contribution in [0.1, 0.15) is 13.8 Å². The molecular weight excluding hydrogens is 282 g/mol. The highest BCUT2D eigenvalue weighted by Gasteiger charge is 2.12. The van der Waals surface area contributed by atoms with Crippen molar-refractivity contribution in [3.8, 4) is 0 Å². The van der Waals surface area contributed by atoms with E-state index in [9.17, 15) is 0 Å². The van der Waals surface area contributed by atoms with Crippen LogP contribution in [0.2, 0.25) is 0 Å². The van der Waals surface area contributed by atoms with Gasteiger partial charge in [-0.15, -0.1) is 10.2 Å². The van der Waals surface area contributed by atoms with Gasteiger partial charge >= 0.3 is 0 Å². The van der Waals surface area contributed by atoms with Gasteiger partial charge in [0.05, 0.1) is 0 Å². The predicted octanol–water partition coefficient (Wildman–Crippen LogP) is 1.76. The molecule has 0 aliphatic carbocycles. The summed E-state index contributed by atoms with van der Waals surface area (Å²) in [5.74, 6) is 1.24. The third-order valence-electron chi connectivity index (χ3n) is 2.39. The first-order valence-electron chi connectivity index (χ1n) is 5.89. The van der Waals surface area contributed by atoms with Gasteiger partial charge in [-0.3, -0.25) is 0 Å². The minimum Gasteiger partial charge on any atom is -0.357 e. The minimum absolute atomic E-state index is 0.559. The average Bonchev–Trinajstić information content (AvgIpc) is 2.93. The van der Waals surface area contributed by atoms with E-state index in [4.69, 9.17) is 0 Å². The summed E-state index contributed by atoms with van der Waals surface area (Å²) in [6.45, 7) is 5.85. The summed E-state index contributed by atoms with van der Waals surface area (Å²) in [5.41, 5.74) is 1.69. The number of rotatable bonds is 6. The topological polar surface area (TPSA) is 79.7 Å². The molecule has 9 heteroatoms. The van der Waals surface area contributed by atoms with E-state index in [1.165, 1.54) is 23.1 Å². The summed E-state index contributed by atoms with van der Waals surface area (Å²) in [4.78, 5) is 15.2. The first kappa shape index (κ1) is 13.9. The highest BCUT2D eigenvalue weighted by Crippen LogP contribution is 2.27. The number of anilines is 2. The van der Waals surface area contributed by atoms with Gasteiger partial charge in [0.2, 0.25) is 17.1 Å². The lowest BCUT2D eigenvalue weighted by molar-refractivity contribution is 0.784. The van der Waals surface area contributed by atoms with Crippen molar-refractivity contribution < 1.29 is 0 Å². The van der Waals surface area contributed by atoms with Crippen molar-refractivity contribution in [1.82, 2.24) is 25.1 Å². The highest BCUT2D eigenvalue weighted by molar-refractivity contribution is 8.00. The van der Waals surface area contributed by atoms with Gasteiger partial charge in [0, 0.05) is 20.1 Å². The smallest absolute Gasteiger partial charge is 0.231 e. The number of nitrogens with zero attached hydrogens (tertiary/aromatic N) is 6. The Kier molecular flexibility index (Phi) is 4.86. The number of hydrogen-bond donors (Lipinski definition) is 1. The van der Waals surface area contributed by atoms with E-state index in [1.54, 1.807) is 12.6 Å². The average molecular weight is 297 g/mol. The maximum absolute atomic E-state index is 4.46. The van der Waals surface area contributed by atoms with Crippen LogP contribution in [0.4, 0.5) is 11.9 Å². The van der Waals surface area contributed by atoms with Crippen molar-refractivity contribution in [2.45, 2.75) is 23.3 Å². The summed E-state index contributed by atoms with van der Waals surface area (Å²) in [6, 6.07) is 0. The van der Waals surface area contributed by atoms with Crippen molar-refractivity contribution in [3.05, 3.63) is 5.51 Å². The Morgan fingerprint density at radius 3 is 2.63 bits per heavy atom. The fraction of sp³-hybridized carbons (Fsp3) is 0.500. The van der Waals surface area contributed by atoms with Gasteiger partial charge in [-0.05, 0) is 25.6 Å². The van der Waals surface area contributed by atoms with Crippen LogP contribution in [0, 0.1) is 0 Å². The Morgan fingerprint density at radius 2 is 2.05 bits per heavy atom. The SMILES string of the molecule is CCN(CC)c1nc(NC)nc(Sc2nncs2)n1. The maximum atomic E-state index is 4.46. The second-order valence-electron chi connectivity index (χ2n) is 3.47. The van der Waals surface area contributed by atoms with E-state index < -0.39 is 0 Å². The van der Waals surface area contributed by atoms with E-state index in [0.29, 0.717) is 17.1 Å². The van der Waals surface area contributed by atoms with E-state index in [2.05, 4.69) is 49.2 Å². The Balaban J connectivity index is 2.30. The van der Waals surface area contributed by atoms with E-state index in [0.717, 1.165) is 17.4 Å². The van der Waals surface area contributed by atoms with Crippen molar-refractivity contribution in [2.75, 3.05) is 30.4 Å². The Bertz CT molecular complexity index is 513. The van der Waals surface area contributed by atoms with E-state index in [1.807, 2.05) is 0 Å². The highest BCUT2D eigenvalue weighted by atomic mass is 32.2. The molecule has 1 N–H and O–H groups in total. The van der Waals surface area contributed by atoms with Crippen LogP contribution in [0.25, 0.3) is 0 Å². The first-order valence-corrected chi connectivity index (χ1v) is 7.59. The van der Waals surface area contributed by atoms with Crippen molar-refractivity contribution in [2.24, 2.45) is 0 Å². The third kappa shape index (κ3) is 3.51. The van der Waals surface area contributed by atoms with Crippen LogP contribution in [-0.2, 0) is 0 Å². The molecule has 0 unspecified atom stereocenters. The molecule has 0 aliphatic rings. The summed E-state index contributed by atoms with van der Waals surface area (Å²) in [6.07, 6.45) is 0. The largest absolute Gasteiger partial charge is 0.357 e. The predicted molar refractivity (Wildman–Crippen MR) is 77.0 cm³/mol. The number of hydrogen-bond acceptors (Lipinski definition) is 9. The molecule has 0 aromatic carbocycles. The summed E-state index contributed by atoms with van der Waals surface area (Å²) in [7, 11) is 1.79. The van der Waals surface area contributed by atoms with Gasteiger partial charge in [-0.25, -0.2) is 0 Å². The molecule has 2 heterocycles. The zero-order valence-corrected chi connectivity index (χ0v) is 12.6. The van der Waals surface area contributed by atoms with Crippen molar-refractivity contribution in [3.63, 3.8) is 0 Å². The van der Waals surface area contributed by atoms with Gasteiger partial charge in [-0.1, -0.05) is 11.3 Å². The molecule has 0 spiro atoms. The molecule has 102 valence electrons. The molecule has 2 aromatic heterocycles. The molecule has 0 saturated heterocycles. The first-order chi connectivity index (χ1) is 9.26. The standard InChI is InChI=1S/C10H15N7S2/c1-4-17(5-2)8-13-7(11-3)14-9(15-8)19-10-16-12-6-18-10/h6H,4-5H2,1-3H3,(H,11,13,14,15). The maximum Gasteiger partial charge on any atom is 0.231 e. The zero-order chi connectivity index (χ0) is 13.7. The number of nitrogens with one attached hydrogen (secondary N) is 1. The lowest BCUT2D eigenvalue weighted by atomic mass is 10.5. The summed E-state index contributed by atoms with van der Waals surface area (Å²) >= 11 is 2.86. The van der Waals surface area contributed by atoms with Crippen molar-refractivity contribution in [1.29, 1.82) is 0 Å². The fourth-order valence-corrected chi connectivity index (χ4v) is 2.76. The monoisotopic (exact) mass is 297 g/mol. The van der Waals surface area contributed by atoms with Crippen LogP contribution < -0.4 is 10.2 Å². The van der Waals surface area contributed by atoms with E-state index in [-0.39, 0.29) is 0 Å². The van der Waals surface area contributed by atoms with Gasteiger partial charge in [-0.2, -0.15) is 15.0 Å². The third-order valence-corrected chi connectivity index (χ3v) is 4.03. The quantitative estimate of drug-likeness (QED) is 0.864. The molecule has 0 saturated carbocycles. The van der Waals surface area contributed by atoms with Crippen LogP contribution in [0.15, 0.2) is 15.0 Å². The molecule has 0 aliphatic heterocycles. The molecular formula is C10H15N7S2. The van der Waals surface area contributed by atoms with Gasteiger partial charge in [0.1, 0.15) is 5.51 Å². The molecule has 0 fully saturated rings. The minimum atomic E-state index is 0.559. The van der Waals surface area contributed by atoms with Crippen LogP contribution >= 0.6 is 23.1 Å². The lowest BCUT2D eigenvalue weighted by Gasteiger charge is -2.18. The fourth-order valence-electron chi connectivity index (χ4n) is 1.44. The Morgan fingerprint density at radius 1 is 1.26 bits per heavy atom. The van der Waals surface area contributed by atoms with Gasteiger partial charge in [0.25, 0.3) is 0 Å². The molecule has 0 atom stereocenters. The Hall–Kier alpha value is -1.48. The molecule has 19 heavy (non-hydrogen) atoms. The zero-order valence-electron chi connectivity index (χ0n) is 11.0. The van der Waals surface area contributed by atoms with Crippen LogP contribution in [-0.4, -0.2) is 45.3 Å². The summed E-state index contributed by atoms with van der Waals surface area (Å²) < 4.78 is 0.818. The molecule has 0 amide bonds. The second kappa shape index (κ2) is 6.62. The van der Waals surface area contributed by atoms with Crippen molar-refractivity contribution >= 4 is 35.0 Å². The molecule has 2 aromatic rings. The molecule has 7 nitrogen and oxygen atoms in total. The molecule has 0 radical (unpaired) electrons. The van der Waals surface area contributed by atoms with Gasteiger partial charge in [0.15, 0.2) is 4.34 Å². The van der Waals surface area contributed by atoms with Crippen LogP contribution in [0.3, 0.4) is 0 Å². The molecule has 0 bridgehead atoms. The second-order valence-corrected chi connectivity index (χ2v) is 5.52. The van der Waals surface area contributed by atoms with Gasteiger partial charge < -0.3 is 10.2 Å².